The van der Waals surface area contributed by atoms with Gasteiger partial charge in [-0.3, -0.25) is 4.79 Å². The lowest BCUT2D eigenvalue weighted by Crippen LogP contribution is -2.14. The Morgan fingerprint density at radius 3 is 2.58 bits per heavy atom. The fraction of sp³-hybridized carbons (Fsp3) is 0. The lowest BCUT2D eigenvalue weighted by Gasteiger charge is -2.07. The van der Waals surface area contributed by atoms with Crippen LogP contribution in [0.5, 0.6) is 0 Å². The highest BCUT2D eigenvalue weighted by Crippen LogP contribution is 2.21. The van der Waals surface area contributed by atoms with Crippen molar-refractivity contribution in [2.45, 2.75) is 0 Å². The molecule has 1 heterocycles. The van der Waals surface area contributed by atoms with Gasteiger partial charge in [-0.15, -0.1) is 0 Å². The quantitative estimate of drug-likeness (QED) is 0.679. The maximum Gasteiger partial charge on any atom is 0.258 e. The van der Waals surface area contributed by atoms with Crippen molar-refractivity contribution >= 4 is 23.2 Å². The molecule has 0 unspecified atom stereocenters. The largest absolute Gasteiger partial charge is 0.319 e. The molecule has 3 nitrogen and oxygen atoms in total. The van der Waals surface area contributed by atoms with Crippen LogP contribution in [-0.2, 0) is 0 Å². The summed E-state index contributed by atoms with van der Waals surface area (Å²) in [6.45, 7) is 0. The molecular formula is C12H6ClF3N2O. The van der Waals surface area contributed by atoms with Gasteiger partial charge in [0.05, 0.1) is 11.3 Å². The molecule has 0 atom stereocenters. The van der Waals surface area contributed by atoms with E-state index in [2.05, 4.69) is 10.3 Å². The normalized spacial score (nSPS) is 10.3. The number of nitrogens with one attached hydrogen (secondary N) is 1. The first-order chi connectivity index (χ1) is 9.00. The number of carbonyl (C=O) groups excluding carboxylic acids is 1. The van der Waals surface area contributed by atoms with Crippen molar-refractivity contribution < 1.29 is 18.0 Å². The van der Waals surface area contributed by atoms with Crippen LogP contribution in [0.4, 0.5) is 18.9 Å². The summed E-state index contributed by atoms with van der Waals surface area (Å²) in [6.07, 6.45) is 1.37. The van der Waals surface area contributed by atoms with Crippen LogP contribution in [0.2, 0.25) is 5.15 Å². The van der Waals surface area contributed by atoms with Crippen LogP contribution in [0.25, 0.3) is 0 Å². The zero-order valence-electron chi connectivity index (χ0n) is 9.25. The molecule has 0 fully saturated rings. The number of carbonyl (C=O) groups is 1. The van der Waals surface area contributed by atoms with Gasteiger partial charge in [0.2, 0.25) is 0 Å². The molecule has 7 heteroatoms. The molecule has 0 aliphatic carbocycles. The van der Waals surface area contributed by atoms with Gasteiger partial charge in [-0.1, -0.05) is 11.6 Å². The highest BCUT2D eigenvalue weighted by molar-refractivity contribution is 6.33. The predicted octanol–water partition coefficient (Wildman–Crippen LogP) is 3.40. The van der Waals surface area contributed by atoms with Gasteiger partial charge in [0.25, 0.3) is 5.91 Å². The van der Waals surface area contributed by atoms with Gasteiger partial charge in [0.1, 0.15) is 5.15 Å². The fourth-order valence-corrected chi connectivity index (χ4v) is 1.57. The smallest absolute Gasteiger partial charge is 0.258 e. The maximum absolute atomic E-state index is 13.4. The minimum atomic E-state index is -1.66. The molecule has 0 bridgehead atoms. The van der Waals surface area contributed by atoms with E-state index < -0.39 is 29.0 Å². The van der Waals surface area contributed by atoms with Crippen molar-refractivity contribution in [3.63, 3.8) is 0 Å². The third-order valence-electron chi connectivity index (χ3n) is 2.29. The number of rotatable bonds is 2. The van der Waals surface area contributed by atoms with Gasteiger partial charge in [-0.2, -0.15) is 0 Å². The number of hydrogen-bond donors (Lipinski definition) is 1. The van der Waals surface area contributed by atoms with Crippen molar-refractivity contribution in [2.75, 3.05) is 5.32 Å². The number of aromatic nitrogens is 1. The highest BCUT2D eigenvalue weighted by atomic mass is 35.5. The molecule has 0 aliphatic rings. The molecule has 1 amide bonds. The van der Waals surface area contributed by atoms with Crippen LogP contribution in [0.1, 0.15) is 10.4 Å². The van der Waals surface area contributed by atoms with Gasteiger partial charge in [0.15, 0.2) is 17.5 Å². The molecule has 2 rings (SSSR count). The van der Waals surface area contributed by atoms with Gasteiger partial charge >= 0.3 is 0 Å². The van der Waals surface area contributed by atoms with Gasteiger partial charge in [0, 0.05) is 6.20 Å². The first-order valence-corrected chi connectivity index (χ1v) is 5.44. The minimum Gasteiger partial charge on any atom is -0.319 e. The lowest BCUT2D eigenvalue weighted by molar-refractivity contribution is 0.102. The molecule has 1 aromatic heterocycles. The fourth-order valence-electron chi connectivity index (χ4n) is 1.37. The van der Waals surface area contributed by atoms with Crippen molar-refractivity contribution in [3.8, 4) is 0 Å². The summed E-state index contributed by atoms with van der Waals surface area (Å²) in [5, 5.41) is 2.01. The molecule has 1 aromatic carbocycles. The summed E-state index contributed by atoms with van der Waals surface area (Å²) in [5.41, 5.74) is -0.489. The second kappa shape index (κ2) is 5.27. The summed E-state index contributed by atoms with van der Waals surface area (Å²) < 4.78 is 39.1. The molecule has 19 heavy (non-hydrogen) atoms. The molecule has 0 aliphatic heterocycles. The van der Waals surface area contributed by atoms with E-state index >= 15 is 0 Å². The minimum absolute atomic E-state index is 0.00620. The first-order valence-electron chi connectivity index (χ1n) is 5.06. The molecular weight excluding hydrogens is 281 g/mol. The summed E-state index contributed by atoms with van der Waals surface area (Å²) in [6, 6.07) is 4.44. The number of nitrogens with zero attached hydrogens (tertiary/aromatic N) is 1. The standard InChI is InChI=1S/C12H6ClF3N2O/c13-11-6(2-1-5-17-11)12(19)18-8-4-3-7(14)9(15)10(8)16/h1-5H,(H,18,19). The number of pyridine rings is 1. The van der Waals surface area contributed by atoms with E-state index in [1.165, 1.54) is 18.3 Å². The second-order valence-corrected chi connectivity index (χ2v) is 3.88. The van der Waals surface area contributed by atoms with Crippen molar-refractivity contribution in [1.29, 1.82) is 0 Å². The molecule has 0 spiro atoms. The Kier molecular flexibility index (Phi) is 3.71. The Bertz CT molecular complexity index is 649. The van der Waals surface area contributed by atoms with Crippen LogP contribution < -0.4 is 5.32 Å². The maximum atomic E-state index is 13.4. The van der Waals surface area contributed by atoms with Crippen LogP contribution in [0.15, 0.2) is 30.5 Å². The molecule has 98 valence electrons. The topological polar surface area (TPSA) is 42.0 Å². The Morgan fingerprint density at radius 1 is 1.16 bits per heavy atom. The molecule has 0 radical (unpaired) electrons. The first kappa shape index (κ1) is 13.4. The van der Waals surface area contributed by atoms with Crippen molar-refractivity contribution in [3.05, 3.63) is 58.6 Å². The highest BCUT2D eigenvalue weighted by Gasteiger charge is 2.17. The summed E-state index contributed by atoms with van der Waals surface area (Å²) in [4.78, 5) is 15.4. The van der Waals surface area contributed by atoms with E-state index in [0.29, 0.717) is 6.07 Å². The monoisotopic (exact) mass is 286 g/mol. The SMILES string of the molecule is O=C(Nc1ccc(F)c(F)c1F)c1cccnc1Cl. The Hall–Kier alpha value is -2.08. The Labute approximate surface area is 111 Å². The van der Waals surface area contributed by atoms with E-state index in [-0.39, 0.29) is 10.7 Å². The van der Waals surface area contributed by atoms with Crippen LogP contribution in [-0.4, -0.2) is 10.9 Å². The lowest BCUT2D eigenvalue weighted by atomic mass is 10.2. The van der Waals surface area contributed by atoms with E-state index in [4.69, 9.17) is 11.6 Å². The average molecular weight is 287 g/mol. The predicted molar refractivity (Wildman–Crippen MR) is 63.5 cm³/mol. The van der Waals surface area contributed by atoms with E-state index in [1.54, 1.807) is 0 Å². The van der Waals surface area contributed by atoms with E-state index in [0.717, 1.165) is 6.07 Å². The van der Waals surface area contributed by atoms with E-state index in [9.17, 15) is 18.0 Å². The molecule has 0 saturated heterocycles. The number of halogens is 4. The van der Waals surface area contributed by atoms with Gasteiger partial charge in [-0.05, 0) is 24.3 Å². The van der Waals surface area contributed by atoms with Gasteiger partial charge < -0.3 is 5.32 Å². The Morgan fingerprint density at radius 2 is 1.89 bits per heavy atom. The van der Waals surface area contributed by atoms with Crippen LogP contribution in [0.3, 0.4) is 0 Å². The third-order valence-corrected chi connectivity index (χ3v) is 2.59. The number of anilines is 1. The summed E-state index contributed by atoms with van der Waals surface area (Å²) in [7, 11) is 0. The molecule has 1 N–H and O–H groups in total. The summed E-state index contributed by atoms with van der Waals surface area (Å²) >= 11 is 5.68. The summed E-state index contributed by atoms with van der Waals surface area (Å²) in [5.74, 6) is -5.25. The molecule has 2 aromatic rings. The zero-order valence-corrected chi connectivity index (χ0v) is 10.0. The zero-order chi connectivity index (χ0) is 14.0. The third kappa shape index (κ3) is 2.68. The average Bonchev–Trinajstić information content (AvgIpc) is 2.40. The van der Waals surface area contributed by atoms with Crippen molar-refractivity contribution in [1.82, 2.24) is 4.98 Å². The van der Waals surface area contributed by atoms with Crippen LogP contribution in [0, 0.1) is 17.5 Å². The number of amides is 1. The molecule has 0 saturated carbocycles. The number of hydrogen-bond acceptors (Lipinski definition) is 2. The van der Waals surface area contributed by atoms with E-state index in [1.807, 2.05) is 0 Å². The second-order valence-electron chi connectivity index (χ2n) is 3.52. The van der Waals surface area contributed by atoms with Gasteiger partial charge in [-0.25, -0.2) is 18.2 Å². The van der Waals surface area contributed by atoms with Crippen molar-refractivity contribution in [2.24, 2.45) is 0 Å². The van der Waals surface area contributed by atoms with Crippen LogP contribution >= 0.6 is 11.6 Å². The Balaban J connectivity index is 2.30. The number of benzene rings is 1.